The number of rotatable bonds is 4. The van der Waals surface area contributed by atoms with Crippen molar-refractivity contribution in [3.63, 3.8) is 0 Å². The van der Waals surface area contributed by atoms with E-state index in [1.54, 1.807) is 6.92 Å². The molecule has 2 rings (SSSR count). The minimum Gasteiger partial charge on any atom is -0.432 e. The molecule has 3 N–H and O–H groups in total. The van der Waals surface area contributed by atoms with E-state index in [9.17, 15) is 10.1 Å². The third-order valence-electron chi connectivity index (χ3n) is 2.29. The molecule has 1 aromatic carbocycles. The molecule has 9 heteroatoms. The fraction of sp³-hybridized carbons (Fsp3) is 0.0909. The highest BCUT2D eigenvalue weighted by Gasteiger charge is 2.17. The summed E-state index contributed by atoms with van der Waals surface area (Å²) in [5, 5.41) is 11.2. The van der Waals surface area contributed by atoms with Crippen molar-refractivity contribution in [2.24, 2.45) is 5.84 Å². The Balaban J connectivity index is 2.39. The molecule has 8 nitrogen and oxygen atoms in total. The Kier molecular flexibility index (Phi) is 3.97. The molecule has 0 unspecified atom stereocenters. The number of nitrogens with one attached hydrogen (secondary N) is 1. The Hall–Kier alpha value is -2.45. The molecule has 0 amide bonds. The highest BCUT2D eigenvalue weighted by molar-refractivity contribution is 6.30. The molecule has 0 radical (unpaired) electrons. The summed E-state index contributed by atoms with van der Waals surface area (Å²) in [4.78, 5) is 18.3. The Bertz CT molecular complexity index is 665. The zero-order valence-electron chi connectivity index (χ0n) is 10.3. The van der Waals surface area contributed by atoms with Gasteiger partial charge in [0.2, 0.25) is 17.6 Å². The number of benzene rings is 1. The van der Waals surface area contributed by atoms with Gasteiger partial charge in [0.05, 0.1) is 4.92 Å². The minimum atomic E-state index is -0.586. The number of nitrogen functional groups attached to an aromatic ring is 1. The van der Waals surface area contributed by atoms with Gasteiger partial charge in [0, 0.05) is 22.8 Å². The van der Waals surface area contributed by atoms with E-state index in [2.05, 4.69) is 15.4 Å². The summed E-state index contributed by atoms with van der Waals surface area (Å²) in [7, 11) is 0. The van der Waals surface area contributed by atoms with Gasteiger partial charge < -0.3 is 4.74 Å². The molecular weight excluding hydrogens is 286 g/mol. The zero-order chi connectivity index (χ0) is 14.7. The lowest BCUT2D eigenvalue weighted by Crippen LogP contribution is -2.11. The van der Waals surface area contributed by atoms with Crippen LogP contribution in [0.5, 0.6) is 11.6 Å². The second-order valence-corrected chi connectivity index (χ2v) is 4.22. The topological polar surface area (TPSA) is 116 Å². The maximum atomic E-state index is 11.0. The summed E-state index contributed by atoms with van der Waals surface area (Å²) in [5.74, 6) is 5.54. The van der Waals surface area contributed by atoms with E-state index in [1.165, 1.54) is 24.3 Å². The monoisotopic (exact) mass is 295 g/mol. The lowest BCUT2D eigenvalue weighted by atomic mass is 10.3. The second-order valence-electron chi connectivity index (χ2n) is 3.79. The second kappa shape index (κ2) is 5.68. The van der Waals surface area contributed by atoms with Crippen LogP contribution in [0.15, 0.2) is 24.3 Å². The van der Waals surface area contributed by atoms with Crippen LogP contribution < -0.4 is 16.0 Å². The molecular formula is C11H10ClN5O3. The summed E-state index contributed by atoms with van der Waals surface area (Å²) in [6.45, 7) is 1.71. The number of ether oxygens (including phenoxy) is 1. The minimum absolute atomic E-state index is 0.0282. The first-order chi connectivity index (χ1) is 9.49. The highest BCUT2D eigenvalue weighted by atomic mass is 35.5. The van der Waals surface area contributed by atoms with E-state index in [0.717, 1.165) is 0 Å². The van der Waals surface area contributed by atoms with Crippen LogP contribution in [-0.4, -0.2) is 14.9 Å². The first-order valence-electron chi connectivity index (χ1n) is 5.43. The molecule has 0 aliphatic carbocycles. The molecule has 0 aliphatic heterocycles. The standard InChI is InChI=1S/C11H10ClN5O3/c1-6-4-10(15-11(14-6)16-13)20-9-3-2-7(12)5-8(9)17(18)19/h2-5H,13H2,1H3,(H,14,15,16). The van der Waals surface area contributed by atoms with Gasteiger partial charge in [0.15, 0.2) is 0 Å². The fourth-order valence-corrected chi connectivity index (χ4v) is 1.66. The number of hydrogen-bond donors (Lipinski definition) is 2. The summed E-state index contributed by atoms with van der Waals surface area (Å²) >= 11 is 5.72. The number of nitro groups is 1. The summed E-state index contributed by atoms with van der Waals surface area (Å²) in [5.41, 5.74) is 2.63. The predicted octanol–water partition coefficient (Wildman–Crippen LogP) is 2.42. The van der Waals surface area contributed by atoms with Gasteiger partial charge >= 0.3 is 5.69 Å². The molecule has 0 spiro atoms. The van der Waals surface area contributed by atoms with Crippen LogP contribution in [0.1, 0.15) is 5.69 Å². The van der Waals surface area contributed by atoms with Crippen LogP contribution in [0, 0.1) is 17.0 Å². The summed E-state index contributed by atoms with van der Waals surface area (Å²) in [6.07, 6.45) is 0. The quantitative estimate of drug-likeness (QED) is 0.505. The molecule has 20 heavy (non-hydrogen) atoms. The van der Waals surface area contributed by atoms with Crippen LogP contribution in [-0.2, 0) is 0 Å². The van der Waals surface area contributed by atoms with Gasteiger partial charge in [0.25, 0.3) is 0 Å². The highest BCUT2D eigenvalue weighted by Crippen LogP contribution is 2.33. The van der Waals surface area contributed by atoms with Crippen LogP contribution in [0.25, 0.3) is 0 Å². The molecule has 0 fully saturated rings. The number of nitrogens with two attached hydrogens (primary N) is 1. The first kappa shape index (κ1) is 14.0. The van der Waals surface area contributed by atoms with Crippen LogP contribution in [0.4, 0.5) is 11.6 Å². The van der Waals surface area contributed by atoms with Gasteiger partial charge in [-0.15, -0.1) is 0 Å². The van der Waals surface area contributed by atoms with E-state index < -0.39 is 4.92 Å². The normalized spacial score (nSPS) is 10.2. The maximum absolute atomic E-state index is 11.0. The molecule has 1 heterocycles. The Morgan fingerprint density at radius 1 is 1.40 bits per heavy atom. The summed E-state index contributed by atoms with van der Waals surface area (Å²) in [6, 6.07) is 5.61. The third-order valence-corrected chi connectivity index (χ3v) is 2.53. The molecule has 0 aliphatic rings. The Morgan fingerprint density at radius 3 is 2.80 bits per heavy atom. The number of anilines is 1. The number of nitro benzene ring substituents is 1. The van der Waals surface area contributed by atoms with Gasteiger partial charge in [-0.1, -0.05) is 11.6 Å². The van der Waals surface area contributed by atoms with E-state index in [4.69, 9.17) is 22.2 Å². The maximum Gasteiger partial charge on any atom is 0.313 e. The van der Waals surface area contributed by atoms with Crippen molar-refractivity contribution < 1.29 is 9.66 Å². The fourth-order valence-electron chi connectivity index (χ4n) is 1.49. The average Bonchev–Trinajstić information content (AvgIpc) is 2.40. The number of aryl methyl sites for hydroxylation is 1. The van der Waals surface area contributed by atoms with Crippen molar-refractivity contribution in [3.8, 4) is 11.6 Å². The van der Waals surface area contributed by atoms with Crippen molar-refractivity contribution in [1.82, 2.24) is 9.97 Å². The van der Waals surface area contributed by atoms with Crippen molar-refractivity contribution in [2.45, 2.75) is 6.92 Å². The molecule has 1 aromatic heterocycles. The van der Waals surface area contributed by atoms with Gasteiger partial charge in [-0.3, -0.25) is 15.5 Å². The smallest absolute Gasteiger partial charge is 0.313 e. The van der Waals surface area contributed by atoms with Crippen molar-refractivity contribution in [3.05, 3.63) is 45.1 Å². The molecule has 0 saturated carbocycles. The van der Waals surface area contributed by atoms with Crippen LogP contribution in [0.3, 0.4) is 0 Å². The van der Waals surface area contributed by atoms with Crippen LogP contribution >= 0.6 is 11.6 Å². The van der Waals surface area contributed by atoms with Crippen molar-refractivity contribution in [1.29, 1.82) is 0 Å². The number of nitrogens with zero attached hydrogens (tertiary/aromatic N) is 3. The molecule has 2 aromatic rings. The third kappa shape index (κ3) is 3.11. The van der Waals surface area contributed by atoms with E-state index in [-0.39, 0.29) is 28.3 Å². The molecule has 0 saturated heterocycles. The first-order valence-corrected chi connectivity index (χ1v) is 5.81. The van der Waals surface area contributed by atoms with Gasteiger partial charge in [-0.25, -0.2) is 10.8 Å². The molecule has 104 valence electrons. The Morgan fingerprint density at radius 2 is 2.15 bits per heavy atom. The van der Waals surface area contributed by atoms with E-state index >= 15 is 0 Å². The number of hydrazine groups is 1. The number of halogens is 1. The van der Waals surface area contributed by atoms with Gasteiger partial charge in [0.1, 0.15) is 0 Å². The van der Waals surface area contributed by atoms with E-state index in [1.807, 2.05) is 0 Å². The number of aromatic nitrogens is 2. The SMILES string of the molecule is Cc1cc(Oc2ccc(Cl)cc2[N+](=O)[O-])nc(NN)n1. The predicted molar refractivity (Wildman–Crippen MR) is 72.8 cm³/mol. The molecule has 0 bridgehead atoms. The van der Waals surface area contributed by atoms with Crippen molar-refractivity contribution in [2.75, 3.05) is 5.43 Å². The van der Waals surface area contributed by atoms with Crippen molar-refractivity contribution >= 4 is 23.2 Å². The van der Waals surface area contributed by atoms with Crippen LogP contribution in [0.2, 0.25) is 5.02 Å². The lowest BCUT2D eigenvalue weighted by molar-refractivity contribution is -0.385. The Labute approximate surface area is 118 Å². The largest absolute Gasteiger partial charge is 0.432 e. The van der Waals surface area contributed by atoms with Gasteiger partial charge in [-0.2, -0.15) is 4.98 Å². The van der Waals surface area contributed by atoms with Gasteiger partial charge in [-0.05, 0) is 19.1 Å². The lowest BCUT2D eigenvalue weighted by Gasteiger charge is -2.07. The average molecular weight is 296 g/mol. The molecule has 0 atom stereocenters. The van der Waals surface area contributed by atoms with E-state index in [0.29, 0.717) is 5.69 Å². The number of hydrogen-bond acceptors (Lipinski definition) is 7. The summed E-state index contributed by atoms with van der Waals surface area (Å²) < 4.78 is 5.40. The zero-order valence-corrected chi connectivity index (χ0v) is 11.1.